The maximum atomic E-state index is 11.1. The topological polar surface area (TPSA) is 88.5 Å². The third-order valence-corrected chi connectivity index (χ3v) is 7.26. The van der Waals surface area contributed by atoms with E-state index in [9.17, 15) is 4.79 Å². The van der Waals surface area contributed by atoms with Gasteiger partial charge in [0.25, 0.3) is 0 Å². The van der Waals surface area contributed by atoms with Crippen molar-refractivity contribution in [2.45, 2.75) is 83.6 Å². The number of aliphatic hydroxyl groups excluding tert-OH is 1. The van der Waals surface area contributed by atoms with Crippen molar-refractivity contribution in [2.75, 3.05) is 34.5 Å². The number of hydrogen-bond donors (Lipinski definition) is 2. The first-order valence-corrected chi connectivity index (χ1v) is 11.6. The van der Waals surface area contributed by atoms with Crippen molar-refractivity contribution in [3.63, 3.8) is 0 Å². The first-order valence-electron chi connectivity index (χ1n) is 11.6. The monoisotopic (exact) mass is 431 g/mol. The molecule has 0 amide bonds. The highest BCUT2D eigenvalue weighted by atomic mass is 17.1. The molecule has 3 rings (SSSR count). The van der Waals surface area contributed by atoms with Crippen LogP contribution in [-0.2, 0) is 19.2 Å². The van der Waals surface area contributed by atoms with Crippen LogP contribution in [0.3, 0.4) is 0 Å². The highest BCUT2D eigenvalue weighted by molar-refractivity contribution is 5.58. The predicted molar refractivity (Wildman–Crippen MR) is 117 cm³/mol. The fraction of sp³-hybridized carbons (Fsp3) is 0.957. The lowest BCUT2D eigenvalue weighted by Crippen LogP contribution is -2.48. The maximum Gasteiger partial charge on any atom is 0.160 e. The minimum Gasteiger partial charge on any atom is -0.400 e. The van der Waals surface area contributed by atoms with Crippen LogP contribution in [0.25, 0.3) is 0 Å². The lowest BCUT2D eigenvalue weighted by molar-refractivity contribution is -0.236. The van der Waals surface area contributed by atoms with Crippen molar-refractivity contribution in [3.05, 3.63) is 0 Å². The molecular formula is C23H45NO6. The molecule has 7 unspecified atom stereocenters. The fourth-order valence-electron chi connectivity index (χ4n) is 5.50. The quantitative estimate of drug-likeness (QED) is 0.362. The number of unbranched alkanes of at least 4 members (excludes halogenated alkanes) is 1. The van der Waals surface area contributed by atoms with Gasteiger partial charge in [0.05, 0.1) is 26.4 Å². The molecule has 30 heavy (non-hydrogen) atoms. The van der Waals surface area contributed by atoms with Crippen LogP contribution in [0.2, 0.25) is 0 Å². The van der Waals surface area contributed by atoms with Crippen molar-refractivity contribution in [2.24, 2.45) is 23.7 Å². The van der Waals surface area contributed by atoms with E-state index in [0.29, 0.717) is 18.6 Å². The van der Waals surface area contributed by atoms with Gasteiger partial charge in [-0.3, -0.25) is 10.2 Å². The molecule has 2 heterocycles. The number of likely N-dealkylation sites (tertiary alicyclic amines) is 1. The van der Waals surface area contributed by atoms with Gasteiger partial charge in [-0.1, -0.05) is 46.0 Å². The van der Waals surface area contributed by atoms with Crippen LogP contribution in [-0.4, -0.2) is 74.4 Å². The number of ether oxygens (including phenoxy) is 2. The Kier molecular flexibility index (Phi) is 14.0. The second-order valence-electron chi connectivity index (χ2n) is 8.84. The van der Waals surface area contributed by atoms with Crippen molar-refractivity contribution < 1.29 is 29.5 Å². The normalized spacial score (nSPS) is 36.0. The van der Waals surface area contributed by atoms with E-state index in [-0.39, 0.29) is 12.3 Å². The van der Waals surface area contributed by atoms with Crippen molar-refractivity contribution >= 4 is 6.29 Å². The highest BCUT2D eigenvalue weighted by Crippen LogP contribution is 2.45. The van der Waals surface area contributed by atoms with Gasteiger partial charge >= 0.3 is 0 Å². The molecule has 1 saturated carbocycles. The third kappa shape index (κ3) is 7.53. The van der Waals surface area contributed by atoms with Crippen LogP contribution < -0.4 is 0 Å². The summed E-state index contributed by atoms with van der Waals surface area (Å²) in [6.45, 7) is 6.19. The average Bonchev–Trinajstić information content (AvgIpc) is 3.13. The molecule has 178 valence electrons. The molecule has 0 spiro atoms. The summed E-state index contributed by atoms with van der Waals surface area (Å²) in [5.74, 6) is 2.84. The SMILES string of the molecule is CCCCC1CCCC2C(C)C(OCC3CCC(C=O)N3C)OCC12.CO.COO. The fourth-order valence-corrected chi connectivity index (χ4v) is 5.50. The Morgan fingerprint density at radius 3 is 2.47 bits per heavy atom. The number of aliphatic hydroxyl groups is 1. The number of nitrogens with zero attached hydrogens (tertiary/aromatic N) is 1. The minimum atomic E-state index is -0.0603. The molecule has 7 heteroatoms. The molecule has 3 aliphatic rings. The Morgan fingerprint density at radius 1 is 1.17 bits per heavy atom. The predicted octanol–water partition coefficient (Wildman–Crippen LogP) is 3.59. The van der Waals surface area contributed by atoms with E-state index in [2.05, 4.69) is 23.6 Å². The van der Waals surface area contributed by atoms with Gasteiger partial charge in [-0.2, -0.15) is 0 Å². The van der Waals surface area contributed by atoms with Crippen LogP contribution in [0.15, 0.2) is 0 Å². The molecule has 0 aromatic heterocycles. The summed E-state index contributed by atoms with van der Waals surface area (Å²) in [6, 6.07) is 0.424. The van der Waals surface area contributed by atoms with Crippen LogP contribution >= 0.6 is 0 Å². The summed E-state index contributed by atoms with van der Waals surface area (Å²) >= 11 is 0. The van der Waals surface area contributed by atoms with Gasteiger partial charge in [0.2, 0.25) is 0 Å². The summed E-state index contributed by atoms with van der Waals surface area (Å²) in [6.07, 6.45) is 11.2. The van der Waals surface area contributed by atoms with Crippen molar-refractivity contribution in [3.8, 4) is 0 Å². The Morgan fingerprint density at radius 2 is 1.87 bits per heavy atom. The first kappa shape index (κ1) is 27.5. The number of rotatable bonds is 7. The number of likely N-dealkylation sites (N-methyl/N-ethyl adjacent to an activating group) is 1. The minimum absolute atomic E-state index is 0.0603. The molecule has 2 saturated heterocycles. The standard InChI is InChI=1S/C21H37NO3.CH4O2.CH4O/c1-4-5-7-16-8-6-9-19-15(2)21(25-14-20(16)19)24-13-18-11-10-17(12-23)22(18)3;1-3-2;1-2/h12,15-21H,4-11,13-14H2,1-3H3;2H,1H3;2H,1H3. The smallest absolute Gasteiger partial charge is 0.160 e. The molecule has 7 nitrogen and oxygen atoms in total. The van der Waals surface area contributed by atoms with E-state index in [1.54, 1.807) is 0 Å². The second-order valence-corrected chi connectivity index (χ2v) is 8.84. The maximum absolute atomic E-state index is 11.1. The number of carbonyl (C=O) groups excluding carboxylic acids is 1. The van der Waals surface area contributed by atoms with Gasteiger partial charge in [0.1, 0.15) is 6.29 Å². The van der Waals surface area contributed by atoms with Gasteiger partial charge in [0, 0.05) is 19.1 Å². The Bertz CT molecular complexity index is 451. The van der Waals surface area contributed by atoms with Gasteiger partial charge in [-0.15, -0.1) is 0 Å². The van der Waals surface area contributed by atoms with E-state index >= 15 is 0 Å². The first-order chi connectivity index (χ1) is 14.6. The number of hydrogen-bond acceptors (Lipinski definition) is 7. The summed E-state index contributed by atoms with van der Waals surface area (Å²) < 4.78 is 12.4. The summed E-state index contributed by atoms with van der Waals surface area (Å²) in [5, 5.41) is 14.1. The number of aldehydes is 1. The van der Waals surface area contributed by atoms with Crippen molar-refractivity contribution in [1.82, 2.24) is 4.90 Å². The molecule has 2 N–H and O–H groups in total. The average molecular weight is 432 g/mol. The van der Waals surface area contributed by atoms with Crippen molar-refractivity contribution in [1.29, 1.82) is 0 Å². The molecule has 7 atom stereocenters. The Hall–Kier alpha value is -0.570. The largest absolute Gasteiger partial charge is 0.400 e. The van der Waals surface area contributed by atoms with Gasteiger partial charge in [-0.25, -0.2) is 4.89 Å². The van der Waals surface area contributed by atoms with E-state index in [1.807, 2.05) is 7.05 Å². The zero-order valence-electron chi connectivity index (χ0n) is 19.7. The second kappa shape index (κ2) is 15.3. The number of carbonyl (C=O) groups is 1. The van der Waals surface area contributed by atoms with E-state index in [4.69, 9.17) is 19.8 Å². The van der Waals surface area contributed by atoms with Crippen LogP contribution in [0.5, 0.6) is 0 Å². The molecule has 2 aliphatic heterocycles. The Balaban J connectivity index is 0.000000826. The molecule has 3 fully saturated rings. The molecule has 0 radical (unpaired) electrons. The molecular weight excluding hydrogens is 386 g/mol. The van der Waals surface area contributed by atoms with Gasteiger partial charge in [0.15, 0.2) is 6.29 Å². The molecule has 0 aromatic carbocycles. The van der Waals surface area contributed by atoms with Crippen LogP contribution in [0.1, 0.15) is 65.2 Å². The number of fused-ring (bicyclic) bond motifs is 1. The zero-order chi connectivity index (χ0) is 22.5. The molecule has 0 aromatic rings. The summed E-state index contributed by atoms with van der Waals surface area (Å²) in [7, 11) is 4.22. The lowest BCUT2D eigenvalue weighted by Gasteiger charge is -2.47. The van der Waals surface area contributed by atoms with E-state index in [1.165, 1.54) is 45.6 Å². The third-order valence-electron chi connectivity index (χ3n) is 7.26. The van der Waals surface area contributed by atoms with E-state index < -0.39 is 0 Å². The molecule has 1 aliphatic carbocycles. The Labute approximate surface area is 183 Å². The van der Waals surface area contributed by atoms with Crippen LogP contribution in [0, 0.1) is 23.7 Å². The van der Waals surface area contributed by atoms with Gasteiger partial charge < -0.3 is 19.4 Å². The summed E-state index contributed by atoms with van der Waals surface area (Å²) in [5.41, 5.74) is 0. The van der Waals surface area contributed by atoms with Crippen LogP contribution in [0.4, 0.5) is 0 Å². The van der Waals surface area contributed by atoms with E-state index in [0.717, 1.165) is 50.6 Å². The summed E-state index contributed by atoms with van der Waals surface area (Å²) in [4.78, 5) is 16.5. The van der Waals surface area contributed by atoms with Gasteiger partial charge in [-0.05, 0) is 44.1 Å². The highest BCUT2D eigenvalue weighted by Gasteiger charge is 2.43. The zero-order valence-corrected chi connectivity index (χ0v) is 19.7. The molecule has 0 bridgehead atoms. The lowest BCUT2D eigenvalue weighted by atomic mass is 9.65.